The van der Waals surface area contributed by atoms with Crippen molar-refractivity contribution in [3.8, 4) is 11.1 Å². The first-order chi connectivity index (χ1) is 10.9. The minimum Gasteiger partial charge on any atom is -0.149 e. The quantitative estimate of drug-likeness (QED) is 0.540. The molecule has 0 aromatic heterocycles. The highest BCUT2D eigenvalue weighted by atomic mass is 32.2. The molecule has 1 heterocycles. The van der Waals surface area contributed by atoms with Crippen molar-refractivity contribution in [2.24, 2.45) is 0 Å². The number of rotatable bonds is 1. The molecule has 0 aliphatic carbocycles. The van der Waals surface area contributed by atoms with Gasteiger partial charge in [0, 0.05) is 11.0 Å². The summed E-state index contributed by atoms with van der Waals surface area (Å²) in [5.74, 6) is 1.07. The monoisotopic (exact) mass is 302 g/mol. The maximum Gasteiger partial charge on any atom is 0.0341 e. The van der Waals surface area contributed by atoms with Crippen molar-refractivity contribution in [2.75, 3.05) is 0 Å². The van der Waals surface area contributed by atoms with E-state index in [4.69, 9.17) is 0 Å². The summed E-state index contributed by atoms with van der Waals surface area (Å²) in [4.78, 5) is 0. The van der Waals surface area contributed by atoms with Gasteiger partial charge >= 0.3 is 0 Å². The SMILES string of the molecule is c1ccc(C2Cc3ccccc3-c3ccccc3CS2)cc1. The first-order valence-electron chi connectivity index (χ1n) is 7.74. The molecule has 0 spiro atoms. The van der Waals surface area contributed by atoms with Gasteiger partial charge in [-0.3, -0.25) is 0 Å². The maximum atomic E-state index is 2.29. The average Bonchev–Trinajstić information content (AvgIpc) is 2.58. The summed E-state index contributed by atoms with van der Waals surface area (Å²) in [6.07, 6.45) is 1.10. The summed E-state index contributed by atoms with van der Waals surface area (Å²) in [5.41, 5.74) is 7.13. The van der Waals surface area contributed by atoms with Crippen molar-refractivity contribution in [2.45, 2.75) is 17.4 Å². The topological polar surface area (TPSA) is 0 Å². The molecule has 1 aliphatic rings. The third-order valence-electron chi connectivity index (χ3n) is 4.34. The van der Waals surface area contributed by atoms with E-state index in [1.165, 1.54) is 27.8 Å². The summed E-state index contributed by atoms with van der Waals surface area (Å²) < 4.78 is 0. The Morgan fingerprint density at radius 3 is 2.00 bits per heavy atom. The molecule has 0 nitrogen and oxygen atoms in total. The van der Waals surface area contributed by atoms with E-state index in [1.54, 1.807) is 0 Å². The predicted molar refractivity (Wildman–Crippen MR) is 96.1 cm³/mol. The zero-order valence-electron chi connectivity index (χ0n) is 12.4. The first-order valence-corrected chi connectivity index (χ1v) is 8.79. The van der Waals surface area contributed by atoms with E-state index in [9.17, 15) is 0 Å². The van der Waals surface area contributed by atoms with Crippen LogP contribution >= 0.6 is 11.8 Å². The van der Waals surface area contributed by atoms with Crippen LogP contribution in [0.1, 0.15) is 21.9 Å². The molecule has 3 aromatic carbocycles. The van der Waals surface area contributed by atoms with Crippen LogP contribution in [0.5, 0.6) is 0 Å². The van der Waals surface area contributed by atoms with E-state index in [-0.39, 0.29) is 0 Å². The molecule has 1 unspecified atom stereocenters. The smallest absolute Gasteiger partial charge is 0.0341 e. The lowest BCUT2D eigenvalue weighted by atomic mass is 9.92. The maximum absolute atomic E-state index is 2.29. The highest BCUT2D eigenvalue weighted by Crippen LogP contribution is 2.41. The van der Waals surface area contributed by atoms with Crippen molar-refractivity contribution in [3.63, 3.8) is 0 Å². The zero-order chi connectivity index (χ0) is 14.8. The van der Waals surface area contributed by atoms with E-state index in [2.05, 4.69) is 90.6 Å². The summed E-state index contributed by atoms with van der Waals surface area (Å²) in [5, 5.41) is 0.524. The molecular weight excluding hydrogens is 284 g/mol. The number of benzene rings is 3. The van der Waals surface area contributed by atoms with Gasteiger partial charge in [0.25, 0.3) is 0 Å². The predicted octanol–water partition coefficient (Wildman–Crippen LogP) is 5.88. The number of hydrogen-bond donors (Lipinski definition) is 0. The highest BCUT2D eigenvalue weighted by molar-refractivity contribution is 7.98. The molecule has 0 fully saturated rings. The highest BCUT2D eigenvalue weighted by Gasteiger charge is 2.20. The lowest BCUT2D eigenvalue weighted by Gasteiger charge is -2.24. The molecule has 4 rings (SSSR count). The summed E-state index contributed by atoms with van der Waals surface area (Å²) in [6.45, 7) is 0. The number of hydrogen-bond acceptors (Lipinski definition) is 1. The molecule has 0 bridgehead atoms. The van der Waals surface area contributed by atoms with Crippen LogP contribution in [-0.4, -0.2) is 0 Å². The Morgan fingerprint density at radius 2 is 1.23 bits per heavy atom. The summed E-state index contributed by atoms with van der Waals surface area (Å²) in [6, 6.07) is 28.6. The van der Waals surface area contributed by atoms with Crippen molar-refractivity contribution in [3.05, 3.63) is 95.6 Å². The second-order valence-corrected chi connectivity index (χ2v) is 6.92. The fourth-order valence-corrected chi connectivity index (χ4v) is 4.48. The van der Waals surface area contributed by atoms with E-state index < -0.39 is 0 Å². The Hall–Kier alpha value is -1.99. The molecule has 3 aromatic rings. The molecule has 0 radical (unpaired) electrons. The Morgan fingerprint density at radius 1 is 0.636 bits per heavy atom. The van der Waals surface area contributed by atoms with Crippen molar-refractivity contribution in [1.82, 2.24) is 0 Å². The Kier molecular flexibility index (Phi) is 3.74. The van der Waals surface area contributed by atoms with Crippen LogP contribution in [0.4, 0.5) is 0 Å². The Bertz CT molecular complexity index is 777. The lowest BCUT2D eigenvalue weighted by Crippen LogP contribution is -2.05. The summed E-state index contributed by atoms with van der Waals surface area (Å²) >= 11 is 2.06. The second-order valence-electron chi connectivity index (χ2n) is 5.73. The second kappa shape index (κ2) is 6.02. The number of fused-ring (bicyclic) bond motifs is 3. The fourth-order valence-electron chi connectivity index (χ4n) is 3.20. The van der Waals surface area contributed by atoms with Gasteiger partial charge in [-0.05, 0) is 34.2 Å². The molecule has 1 atom stereocenters. The molecule has 0 saturated heterocycles. The van der Waals surface area contributed by atoms with Crippen LogP contribution in [0, 0.1) is 0 Å². The Labute approximate surface area is 136 Å². The van der Waals surface area contributed by atoms with Gasteiger partial charge in [0.2, 0.25) is 0 Å². The van der Waals surface area contributed by atoms with Gasteiger partial charge < -0.3 is 0 Å². The molecule has 108 valence electrons. The standard InChI is InChI=1S/C21H18S/c1-2-8-16(9-3-1)21-14-17-10-4-6-12-19(17)20-13-7-5-11-18(20)15-22-21/h1-13,21H,14-15H2. The van der Waals surface area contributed by atoms with Gasteiger partial charge in [-0.25, -0.2) is 0 Å². The van der Waals surface area contributed by atoms with Gasteiger partial charge in [-0.15, -0.1) is 11.8 Å². The molecule has 0 saturated carbocycles. The van der Waals surface area contributed by atoms with Crippen LogP contribution in [0.15, 0.2) is 78.9 Å². The third-order valence-corrected chi connectivity index (χ3v) is 5.66. The molecule has 1 aliphatic heterocycles. The fraction of sp³-hybridized carbons (Fsp3) is 0.143. The van der Waals surface area contributed by atoms with Gasteiger partial charge in [0.05, 0.1) is 0 Å². The van der Waals surface area contributed by atoms with Gasteiger partial charge in [0.1, 0.15) is 0 Å². The lowest BCUT2D eigenvalue weighted by molar-refractivity contribution is 0.928. The van der Waals surface area contributed by atoms with Gasteiger partial charge in [-0.2, -0.15) is 0 Å². The van der Waals surface area contributed by atoms with Crippen LogP contribution in [0.3, 0.4) is 0 Å². The minimum atomic E-state index is 0.524. The van der Waals surface area contributed by atoms with Crippen LogP contribution < -0.4 is 0 Å². The van der Waals surface area contributed by atoms with E-state index in [1.807, 2.05) is 0 Å². The van der Waals surface area contributed by atoms with E-state index in [0.29, 0.717) is 5.25 Å². The van der Waals surface area contributed by atoms with Crippen molar-refractivity contribution < 1.29 is 0 Å². The minimum absolute atomic E-state index is 0.524. The molecule has 0 N–H and O–H groups in total. The van der Waals surface area contributed by atoms with Gasteiger partial charge in [0.15, 0.2) is 0 Å². The van der Waals surface area contributed by atoms with Gasteiger partial charge in [-0.1, -0.05) is 78.9 Å². The Balaban J connectivity index is 1.81. The van der Waals surface area contributed by atoms with Crippen LogP contribution in [0.2, 0.25) is 0 Å². The first kappa shape index (κ1) is 13.7. The summed E-state index contributed by atoms with van der Waals surface area (Å²) in [7, 11) is 0. The van der Waals surface area contributed by atoms with E-state index in [0.717, 1.165) is 12.2 Å². The van der Waals surface area contributed by atoms with Crippen molar-refractivity contribution >= 4 is 11.8 Å². The van der Waals surface area contributed by atoms with Crippen LogP contribution in [-0.2, 0) is 12.2 Å². The number of thioether (sulfide) groups is 1. The molecular formula is C21H18S. The zero-order valence-corrected chi connectivity index (χ0v) is 13.2. The average molecular weight is 302 g/mol. The molecule has 22 heavy (non-hydrogen) atoms. The third kappa shape index (κ3) is 2.57. The molecule has 1 heteroatoms. The van der Waals surface area contributed by atoms with E-state index >= 15 is 0 Å². The molecule has 0 amide bonds. The van der Waals surface area contributed by atoms with Crippen LogP contribution in [0.25, 0.3) is 11.1 Å². The van der Waals surface area contributed by atoms with Crippen molar-refractivity contribution in [1.29, 1.82) is 0 Å². The largest absolute Gasteiger partial charge is 0.149 e. The normalized spacial score (nSPS) is 17.0.